The largest absolute Gasteiger partial charge is 0.507 e. The summed E-state index contributed by atoms with van der Waals surface area (Å²) in [5.41, 5.74) is 0.455. The molecule has 8 nitrogen and oxygen atoms in total. The Hall–Kier alpha value is -2.91. The van der Waals surface area contributed by atoms with Crippen molar-refractivity contribution in [3.63, 3.8) is 0 Å². The Labute approximate surface area is 169 Å². The lowest BCUT2D eigenvalue weighted by molar-refractivity contribution is -0.133. The van der Waals surface area contributed by atoms with Crippen LogP contribution in [0.5, 0.6) is 5.75 Å². The number of nitrogens with zero attached hydrogens (tertiary/aromatic N) is 1. The molecule has 9 heteroatoms. The van der Waals surface area contributed by atoms with Crippen molar-refractivity contribution < 1.29 is 27.9 Å². The summed E-state index contributed by atoms with van der Waals surface area (Å²) in [4.78, 5) is 25.7. The fourth-order valence-electron chi connectivity index (χ4n) is 2.97. The van der Waals surface area contributed by atoms with Crippen molar-refractivity contribution in [3.05, 3.63) is 59.7 Å². The molecule has 29 heavy (non-hydrogen) atoms. The molecule has 1 amide bonds. The minimum atomic E-state index is -3.92. The Balaban J connectivity index is 1.67. The maximum atomic E-state index is 12.5. The standard InChI is InChI=1S/C20H22N2O6S/c23-18-9-8-16(29(26,27)21-13-15-6-2-1-3-7-15)12-17(18)20(25)28-14-19(24)22-10-4-5-11-22/h1-3,6-9,12,21,23H,4-5,10-11,13-14H2. The van der Waals surface area contributed by atoms with Gasteiger partial charge in [0.25, 0.3) is 5.91 Å². The van der Waals surface area contributed by atoms with E-state index in [0.717, 1.165) is 30.5 Å². The van der Waals surface area contributed by atoms with Gasteiger partial charge in [0.1, 0.15) is 11.3 Å². The van der Waals surface area contributed by atoms with E-state index in [4.69, 9.17) is 4.74 Å². The van der Waals surface area contributed by atoms with Gasteiger partial charge in [-0.1, -0.05) is 30.3 Å². The number of sulfonamides is 1. The second-order valence-electron chi connectivity index (χ2n) is 6.65. The number of carbonyl (C=O) groups excluding carboxylic acids is 2. The summed E-state index contributed by atoms with van der Waals surface area (Å²) >= 11 is 0. The maximum Gasteiger partial charge on any atom is 0.342 e. The van der Waals surface area contributed by atoms with Gasteiger partial charge in [0.15, 0.2) is 6.61 Å². The first-order valence-electron chi connectivity index (χ1n) is 9.18. The smallest absolute Gasteiger partial charge is 0.342 e. The van der Waals surface area contributed by atoms with E-state index in [1.54, 1.807) is 29.2 Å². The van der Waals surface area contributed by atoms with Crippen LogP contribution >= 0.6 is 0 Å². The quantitative estimate of drug-likeness (QED) is 0.661. The highest BCUT2D eigenvalue weighted by Gasteiger charge is 2.23. The molecule has 1 fully saturated rings. The number of phenols is 1. The lowest BCUT2D eigenvalue weighted by Gasteiger charge is -2.15. The van der Waals surface area contributed by atoms with E-state index in [1.165, 1.54) is 6.07 Å². The van der Waals surface area contributed by atoms with Gasteiger partial charge in [-0.25, -0.2) is 17.9 Å². The first-order chi connectivity index (χ1) is 13.9. The molecule has 1 heterocycles. The maximum absolute atomic E-state index is 12.5. The Morgan fingerprint density at radius 3 is 2.45 bits per heavy atom. The third-order valence-corrected chi connectivity index (χ3v) is 5.99. The molecule has 2 N–H and O–H groups in total. The fraction of sp³-hybridized carbons (Fsp3) is 0.300. The number of rotatable bonds is 7. The third kappa shape index (κ3) is 5.33. The molecule has 154 valence electrons. The topological polar surface area (TPSA) is 113 Å². The summed E-state index contributed by atoms with van der Waals surface area (Å²) in [6, 6.07) is 12.3. The molecule has 0 atom stereocenters. The Bertz CT molecular complexity index is 985. The predicted molar refractivity (Wildman–Crippen MR) is 105 cm³/mol. The van der Waals surface area contributed by atoms with Crippen LogP contribution in [0.15, 0.2) is 53.4 Å². The molecule has 0 radical (unpaired) electrons. The first-order valence-corrected chi connectivity index (χ1v) is 10.7. The molecule has 2 aromatic rings. The van der Waals surface area contributed by atoms with Crippen LogP contribution in [0.4, 0.5) is 0 Å². The van der Waals surface area contributed by atoms with Crippen molar-refractivity contribution in [3.8, 4) is 5.75 Å². The van der Waals surface area contributed by atoms with Crippen LogP contribution in [0.3, 0.4) is 0 Å². The zero-order valence-electron chi connectivity index (χ0n) is 15.7. The molecular weight excluding hydrogens is 396 g/mol. The van der Waals surface area contributed by atoms with Gasteiger partial charge in [0.05, 0.1) is 4.90 Å². The molecule has 0 aromatic heterocycles. The van der Waals surface area contributed by atoms with Crippen molar-refractivity contribution in [2.24, 2.45) is 0 Å². The minimum absolute atomic E-state index is 0.0775. The van der Waals surface area contributed by atoms with E-state index in [-0.39, 0.29) is 22.9 Å². The molecule has 2 aromatic carbocycles. The SMILES string of the molecule is O=C(OCC(=O)N1CCCC1)c1cc(S(=O)(=O)NCc2ccccc2)ccc1O. The van der Waals surface area contributed by atoms with E-state index >= 15 is 0 Å². The van der Waals surface area contributed by atoms with E-state index in [0.29, 0.717) is 13.1 Å². The average Bonchev–Trinajstić information content (AvgIpc) is 3.26. The zero-order chi connectivity index (χ0) is 20.9. The van der Waals surface area contributed by atoms with Gasteiger partial charge < -0.3 is 14.7 Å². The molecule has 0 aliphatic carbocycles. The number of likely N-dealkylation sites (tertiary alicyclic amines) is 1. The molecule has 1 saturated heterocycles. The van der Waals surface area contributed by atoms with Gasteiger partial charge >= 0.3 is 5.97 Å². The first kappa shape index (κ1) is 20.8. The molecule has 0 unspecified atom stereocenters. The van der Waals surface area contributed by atoms with Gasteiger partial charge in [-0.15, -0.1) is 0 Å². The fourth-order valence-corrected chi connectivity index (χ4v) is 4.01. The van der Waals surface area contributed by atoms with Crippen LogP contribution in [0.1, 0.15) is 28.8 Å². The van der Waals surface area contributed by atoms with Crippen LogP contribution in [0.2, 0.25) is 0 Å². The van der Waals surface area contributed by atoms with Crippen LogP contribution in [-0.4, -0.2) is 50.0 Å². The third-order valence-electron chi connectivity index (χ3n) is 4.59. The van der Waals surface area contributed by atoms with Crippen LogP contribution in [0, 0.1) is 0 Å². The monoisotopic (exact) mass is 418 g/mol. The molecule has 0 spiro atoms. The van der Waals surface area contributed by atoms with Gasteiger partial charge in [-0.05, 0) is 36.6 Å². The number of hydrogen-bond donors (Lipinski definition) is 2. The van der Waals surface area contributed by atoms with E-state index in [2.05, 4.69) is 4.72 Å². The molecule has 3 rings (SSSR count). The molecule has 0 saturated carbocycles. The number of carbonyl (C=O) groups is 2. The Morgan fingerprint density at radius 2 is 1.76 bits per heavy atom. The number of amides is 1. The molecule has 1 aliphatic rings. The lowest BCUT2D eigenvalue weighted by atomic mass is 10.2. The predicted octanol–water partition coefficient (Wildman–Crippen LogP) is 1.65. The van der Waals surface area contributed by atoms with Crippen LogP contribution in [-0.2, 0) is 26.1 Å². The summed E-state index contributed by atoms with van der Waals surface area (Å²) in [7, 11) is -3.92. The highest BCUT2D eigenvalue weighted by atomic mass is 32.2. The zero-order valence-corrected chi connectivity index (χ0v) is 16.5. The van der Waals surface area contributed by atoms with Crippen molar-refractivity contribution in [2.45, 2.75) is 24.3 Å². The van der Waals surface area contributed by atoms with Crippen molar-refractivity contribution in [2.75, 3.05) is 19.7 Å². The summed E-state index contributed by atoms with van der Waals surface area (Å²) in [5, 5.41) is 9.94. The second-order valence-corrected chi connectivity index (χ2v) is 8.42. The Kier molecular flexibility index (Phi) is 6.50. The van der Waals surface area contributed by atoms with Gasteiger partial charge in [-0.2, -0.15) is 0 Å². The van der Waals surface area contributed by atoms with Crippen LogP contribution < -0.4 is 4.72 Å². The summed E-state index contributed by atoms with van der Waals surface area (Å²) < 4.78 is 32.5. The molecular formula is C20H22N2O6S. The van der Waals surface area contributed by atoms with Gasteiger partial charge in [-0.3, -0.25) is 4.79 Å². The molecule has 1 aliphatic heterocycles. The number of hydrogen-bond acceptors (Lipinski definition) is 6. The number of nitrogens with one attached hydrogen (secondary N) is 1. The van der Waals surface area contributed by atoms with E-state index < -0.39 is 28.3 Å². The summed E-state index contributed by atoms with van der Waals surface area (Å²) in [6.45, 7) is 0.876. The average molecular weight is 418 g/mol. The number of phenolic OH excluding ortho intramolecular Hbond substituents is 1. The number of benzene rings is 2. The number of aromatic hydroxyl groups is 1. The second kappa shape index (κ2) is 9.06. The van der Waals surface area contributed by atoms with Crippen LogP contribution in [0.25, 0.3) is 0 Å². The van der Waals surface area contributed by atoms with E-state index in [9.17, 15) is 23.1 Å². The Morgan fingerprint density at radius 1 is 1.07 bits per heavy atom. The van der Waals surface area contributed by atoms with Gasteiger partial charge in [0, 0.05) is 19.6 Å². The van der Waals surface area contributed by atoms with Gasteiger partial charge in [0.2, 0.25) is 10.0 Å². The lowest BCUT2D eigenvalue weighted by Crippen LogP contribution is -2.32. The number of ether oxygens (including phenoxy) is 1. The highest BCUT2D eigenvalue weighted by molar-refractivity contribution is 7.89. The van der Waals surface area contributed by atoms with Crippen molar-refractivity contribution in [1.82, 2.24) is 9.62 Å². The van der Waals surface area contributed by atoms with Crippen molar-refractivity contribution in [1.29, 1.82) is 0 Å². The molecule has 0 bridgehead atoms. The summed E-state index contributed by atoms with van der Waals surface area (Å²) in [5.74, 6) is -1.70. The normalized spacial score (nSPS) is 14.0. The van der Waals surface area contributed by atoms with Crippen molar-refractivity contribution >= 4 is 21.9 Å². The highest BCUT2D eigenvalue weighted by Crippen LogP contribution is 2.22. The summed E-state index contributed by atoms with van der Waals surface area (Å²) in [6.07, 6.45) is 1.83. The minimum Gasteiger partial charge on any atom is -0.507 e. The van der Waals surface area contributed by atoms with E-state index in [1.807, 2.05) is 6.07 Å². The number of esters is 1.